The van der Waals surface area contributed by atoms with Crippen LogP contribution in [0.4, 0.5) is 0 Å². The molecule has 3 rings (SSSR count). The summed E-state index contributed by atoms with van der Waals surface area (Å²) in [6.45, 7) is 4.22. The number of amides is 1. The molecule has 0 aromatic heterocycles. The zero-order valence-electron chi connectivity index (χ0n) is 12.7. The molecule has 2 saturated heterocycles. The first-order valence-electron chi connectivity index (χ1n) is 8.01. The van der Waals surface area contributed by atoms with Gasteiger partial charge in [-0.25, -0.2) is 0 Å². The number of benzene rings is 1. The van der Waals surface area contributed by atoms with E-state index in [9.17, 15) is 4.79 Å². The van der Waals surface area contributed by atoms with E-state index in [0.29, 0.717) is 12.1 Å². The first-order chi connectivity index (χ1) is 10.3. The molecular formula is C17H24N2O2. The van der Waals surface area contributed by atoms with Gasteiger partial charge < -0.3 is 15.0 Å². The minimum Gasteiger partial charge on any atom is -0.484 e. The average molecular weight is 288 g/mol. The van der Waals surface area contributed by atoms with Gasteiger partial charge in [-0.05, 0) is 49.9 Å². The van der Waals surface area contributed by atoms with Crippen molar-refractivity contribution >= 4 is 5.91 Å². The Balaban J connectivity index is 1.58. The van der Waals surface area contributed by atoms with Gasteiger partial charge in [0, 0.05) is 18.6 Å². The molecule has 2 aliphatic heterocycles. The van der Waals surface area contributed by atoms with Crippen molar-refractivity contribution in [3.8, 4) is 5.75 Å². The molecule has 2 atom stereocenters. The summed E-state index contributed by atoms with van der Waals surface area (Å²) in [6.07, 6.45) is 4.34. The lowest BCUT2D eigenvalue weighted by Gasteiger charge is -2.27. The summed E-state index contributed by atoms with van der Waals surface area (Å²) in [7, 11) is 0. The average Bonchev–Trinajstić information content (AvgIpc) is 2.78. The van der Waals surface area contributed by atoms with Gasteiger partial charge in [0.05, 0.1) is 0 Å². The van der Waals surface area contributed by atoms with E-state index in [-0.39, 0.29) is 12.5 Å². The van der Waals surface area contributed by atoms with Crippen molar-refractivity contribution in [2.45, 2.75) is 44.7 Å². The Bertz CT molecular complexity index is 472. The van der Waals surface area contributed by atoms with Crippen LogP contribution in [-0.4, -0.2) is 42.6 Å². The predicted octanol–water partition coefficient (Wildman–Crippen LogP) is 1.98. The van der Waals surface area contributed by atoms with Gasteiger partial charge in [0.15, 0.2) is 6.61 Å². The van der Waals surface area contributed by atoms with Crippen LogP contribution in [0.2, 0.25) is 0 Å². The monoisotopic (exact) mass is 288 g/mol. The number of fused-ring (bicyclic) bond motifs is 2. The van der Waals surface area contributed by atoms with Crippen LogP contribution in [0.25, 0.3) is 0 Å². The Hall–Kier alpha value is -1.55. The molecule has 2 unspecified atom stereocenters. The van der Waals surface area contributed by atoms with Crippen molar-refractivity contribution in [2.24, 2.45) is 0 Å². The molecule has 2 aliphatic rings. The summed E-state index contributed by atoms with van der Waals surface area (Å²) in [6, 6.07) is 8.77. The molecule has 4 nitrogen and oxygen atoms in total. The van der Waals surface area contributed by atoms with Gasteiger partial charge in [0.1, 0.15) is 5.75 Å². The third-order valence-corrected chi connectivity index (χ3v) is 4.64. The number of hydrogen-bond acceptors (Lipinski definition) is 3. The molecule has 0 spiro atoms. The zero-order valence-corrected chi connectivity index (χ0v) is 12.7. The summed E-state index contributed by atoms with van der Waals surface area (Å²) in [5.74, 6) is 0.909. The van der Waals surface area contributed by atoms with Gasteiger partial charge in [-0.2, -0.15) is 0 Å². The zero-order chi connectivity index (χ0) is 14.7. The number of nitrogens with zero attached hydrogens (tertiary/aromatic N) is 1. The highest BCUT2D eigenvalue weighted by molar-refractivity contribution is 5.79. The van der Waals surface area contributed by atoms with Crippen LogP contribution in [-0.2, 0) is 11.2 Å². The molecule has 1 aromatic carbocycles. The van der Waals surface area contributed by atoms with Crippen LogP contribution < -0.4 is 10.1 Å². The van der Waals surface area contributed by atoms with Crippen molar-refractivity contribution in [1.29, 1.82) is 0 Å². The van der Waals surface area contributed by atoms with Crippen LogP contribution in [0.5, 0.6) is 5.75 Å². The van der Waals surface area contributed by atoms with Crippen LogP contribution >= 0.6 is 0 Å². The first-order valence-corrected chi connectivity index (χ1v) is 8.01. The molecule has 0 aliphatic carbocycles. The van der Waals surface area contributed by atoms with Crippen LogP contribution in [0, 0.1) is 0 Å². The van der Waals surface area contributed by atoms with Gasteiger partial charge >= 0.3 is 0 Å². The van der Waals surface area contributed by atoms with E-state index in [2.05, 4.69) is 29.3 Å². The van der Waals surface area contributed by atoms with Crippen molar-refractivity contribution in [2.75, 3.05) is 19.7 Å². The van der Waals surface area contributed by atoms with Crippen LogP contribution in [0.15, 0.2) is 24.3 Å². The quantitative estimate of drug-likeness (QED) is 0.921. The maximum atomic E-state index is 12.5. The summed E-state index contributed by atoms with van der Waals surface area (Å²) in [5.41, 5.74) is 1.28. The minimum atomic E-state index is 0.130. The summed E-state index contributed by atoms with van der Waals surface area (Å²) >= 11 is 0. The molecule has 1 N–H and O–H groups in total. The van der Waals surface area contributed by atoms with E-state index in [4.69, 9.17) is 4.74 Å². The molecule has 4 heteroatoms. The molecule has 114 valence electrons. The van der Waals surface area contributed by atoms with Crippen molar-refractivity contribution < 1.29 is 9.53 Å². The second kappa shape index (κ2) is 6.48. The Morgan fingerprint density at radius 2 is 2.00 bits per heavy atom. The third kappa shape index (κ3) is 3.21. The standard InChI is InChI=1S/C17H24N2O2/c1-2-13-3-7-16(8-4-13)21-12-17(20)19-14-5-6-15(19)11-18-10-9-14/h3-4,7-8,14-15,18H,2,5-6,9-12H2,1H3. The second-order valence-electron chi connectivity index (χ2n) is 5.96. The SMILES string of the molecule is CCc1ccc(OCC(=O)N2C3CCNCC2CC3)cc1. The number of rotatable bonds is 4. The van der Waals surface area contributed by atoms with E-state index in [0.717, 1.165) is 44.5 Å². The molecule has 1 amide bonds. The van der Waals surface area contributed by atoms with Gasteiger partial charge in [-0.3, -0.25) is 4.79 Å². The fraction of sp³-hybridized carbons (Fsp3) is 0.588. The number of hydrogen-bond donors (Lipinski definition) is 1. The number of nitrogens with one attached hydrogen (secondary N) is 1. The molecule has 2 bridgehead atoms. The Morgan fingerprint density at radius 1 is 1.24 bits per heavy atom. The number of aryl methyl sites for hydroxylation is 1. The number of carbonyl (C=O) groups is 1. The van der Waals surface area contributed by atoms with Gasteiger partial charge in [-0.15, -0.1) is 0 Å². The molecular weight excluding hydrogens is 264 g/mol. The van der Waals surface area contributed by atoms with Crippen molar-refractivity contribution in [1.82, 2.24) is 10.2 Å². The van der Waals surface area contributed by atoms with E-state index in [1.807, 2.05) is 12.1 Å². The summed E-state index contributed by atoms with van der Waals surface area (Å²) in [5, 5.41) is 3.42. The van der Waals surface area contributed by atoms with Gasteiger partial charge in [0.25, 0.3) is 5.91 Å². The molecule has 0 radical (unpaired) electrons. The number of ether oxygens (including phenoxy) is 1. The van der Waals surface area contributed by atoms with E-state index < -0.39 is 0 Å². The van der Waals surface area contributed by atoms with E-state index in [1.54, 1.807) is 0 Å². The highest BCUT2D eigenvalue weighted by Gasteiger charge is 2.37. The molecule has 0 saturated carbocycles. The van der Waals surface area contributed by atoms with E-state index in [1.165, 1.54) is 5.56 Å². The Labute approximate surface area is 126 Å². The van der Waals surface area contributed by atoms with Gasteiger partial charge in [0.2, 0.25) is 0 Å². The normalized spacial score (nSPS) is 24.7. The number of carbonyl (C=O) groups excluding carboxylic acids is 1. The molecule has 21 heavy (non-hydrogen) atoms. The molecule has 2 fully saturated rings. The maximum Gasteiger partial charge on any atom is 0.261 e. The third-order valence-electron chi connectivity index (χ3n) is 4.64. The Morgan fingerprint density at radius 3 is 2.76 bits per heavy atom. The van der Waals surface area contributed by atoms with Crippen LogP contribution in [0.1, 0.15) is 31.7 Å². The van der Waals surface area contributed by atoms with Crippen molar-refractivity contribution in [3.05, 3.63) is 29.8 Å². The second-order valence-corrected chi connectivity index (χ2v) is 5.96. The fourth-order valence-corrected chi connectivity index (χ4v) is 3.43. The predicted molar refractivity (Wildman–Crippen MR) is 82.5 cm³/mol. The smallest absolute Gasteiger partial charge is 0.261 e. The Kier molecular flexibility index (Phi) is 4.44. The lowest BCUT2D eigenvalue weighted by atomic mass is 10.1. The lowest BCUT2D eigenvalue weighted by molar-refractivity contribution is -0.136. The van der Waals surface area contributed by atoms with Gasteiger partial charge in [-0.1, -0.05) is 19.1 Å². The fourth-order valence-electron chi connectivity index (χ4n) is 3.43. The lowest BCUT2D eigenvalue weighted by Crippen LogP contribution is -2.44. The largest absolute Gasteiger partial charge is 0.484 e. The highest BCUT2D eigenvalue weighted by atomic mass is 16.5. The molecule has 2 heterocycles. The van der Waals surface area contributed by atoms with Crippen LogP contribution in [0.3, 0.4) is 0 Å². The highest BCUT2D eigenvalue weighted by Crippen LogP contribution is 2.28. The first kappa shape index (κ1) is 14.4. The maximum absolute atomic E-state index is 12.5. The topological polar surface area (TPSA) is 41.6 Å². The molecule has 1 aromatic rings. The van der Waals surface area contributed by atoms with E-state index >= 15 is 0 Å². The summed E-state index contributed by atoms with van der Waals surface area (Å²) < 4.78 is 5.67. The summed E-state index contributed by atoms with van der Waals surface area (Å²) in [4.78, 5) is 14.6. The minimum absolute atomic E-state index is 0.130. The van der Waals surface area contributed by atoms with Crippen molar-refractivity contribution in [3.63, 3.8) is 0 Å².